The van der Waals surface area contributed by atoms with Crippen LogP contribution < -0.4 is 5.32 Å². The first-order valence-electron chi connectivity index (χ1n) is 8.07. The molecule has 1 aliphatic heterocycles. The minimum atomic E-state index is -0.449. The van der Waals surface area contributed by atoms with Crippen LogP contribution >= 0.6 is 0 Å². The number of hydrogen-bond acceptors (Lipinski definition) is 3. The maximum atomic E-state index is 12.2. The Morgan fingerprint density at radius 1 is 1.36 bits per heavy atom. The molecule has 1 amide bonds. The second-order valence-corrected chi connectivity index (χ2v) is 7.26. The standard InChI is InChI=1S/C18H28N2O2/c1-13(2)14-7-6-8-15(11-14)16-12-20(10-9-19-16)17(21)22-18(3,4)5/h6-8,11,13,16,19H,9-10,12H2,1-5H3. The van der Waals surface area contributed by atoms with Crippen LogP contribution in [0.3, 0.4) is 0 Å². The average molecular weight is 304 g/mol. The van der Waals surface area contributed by atoms with E-state index >= 15 is 0 Å². The second-order valence-electron chi connectivity index (χ2n) is 7.26. The number of rotatable bonds is 2. The summed E-state index contributed by atoms with van der Waals surface area (Å²) >= 11 is 0. The zero-order chi connectivity index (χ0) is 16.3. The maximum absolute atomic E-state index is 12.2. The zero-order valence-electron chi connectivity index (χ0n) is 14.3. The minimum absolute atomic E-state index is 0.167. The highest BCUT2D eigenvalue weighted by Crippen LogP contribution is 2.23. The lowest BCUT2D eigenvalue weighted by Crippen LogP contribution is -2.49. The first-order valence-corrected chi connectivity index (χ1v) is 8.07. The number of piperazine rings is 1. The number of nitrogens with zero attached hydrogens (tertiary/aromatic N) is 1. The molecule has 122 valence electrons. The Hall–Kier alpha value is -1.55. The number of amides is 1. The third-order valence-corrected chi connectivity index (χ3v) is 3.81. The highest BCUT2D eigenvalue weighted by atomic mass is 16.6. The third kappa shape index (κ3) is 4.47. The van der Waals surface area contributed by atoms with E-state index in [-0.39, 0.29) is 12.1 Å². The van der Waals surface area contributed by atoms with E-state index in [1.165, 1.54) is 11.1 Å². The molecule has 4 nitrogen and oxygen atoms in total. The molecule has 1 N–H and O–H groups in total. The van der Waals surface area contributed by atoms with Gasteiger partial charge in [0.2, 0.25) is 0 Å². The molecule has 1 aromatic carbocycles. The van der Waals surface area contributed by atoms with E-state index in [0.29, 0.717) is 19.0 Å². The van der Waals surface area contributed by atoms with Gasteiger partial charge in [-0.2, -0.15) is 0 Å². The van der Waals surface area contributed by atoms with Crippen molar-refractivity contribution in [2.24, 2.45) is 0 Å². The third-order valence-electron chi connectivity index (χ3n) is 3.81. The van der Waals surface area contributed by atoms with Crippen molar-refractivity contribution in [2.45, 2.75) is 52.2 Å². The van der Waals surface area contributed by atoms with Gasteiger partial charge in [-0.3, -0.25) is 0 Å². The first-order chi connectivity index (χ1) is 10.3. The van der Waals surface area contributed by atoms with Crippen molar-refractivity contribution in [3.05, 3.63) is 35.4 Å². The quantitative estimate of drug-likeness (QED) is 0.906. The van der Waals surface area contributed by atoms with Gasteiger partial charge >= 0.3 is 6.09 Å². The van der Waals surface area contributed by atoms with Gasteiger partial charge < -0.3 is 15.0 Å². The molecule has 1 aliphatic rings. The number of carbonyl (C=O) groups excluding carboxylic acids is 1. The predicted molar refractivity (Wildman–Crippen MR) is 89.1 cm³/mol. The molecule has 0 bridgehead atoms. The number of ether oxygens (including phenoxy) is 1. The Morgan fingerprint density at radius 2 is 2.09 bits per heavy atom. The van der Waals surface area contributed by atoms with E-state index in [2.05, 4.69) is 43.4 Å². The predicted octanol–water partition coefficient (Wildman–Crippen LogP) is 3.69. The molecule has 4 heteroatoms. The van der Waals surface area contributed by atoms with Crippen LogP contribution in [0.2, 0.25) is 0 Å². The van der Waals surface area contributed by atoms with Crippen LogP contribution in [0.25, 0.3) is 0 Å². The Labute approximate surface area is 133 Å². The molecule has 1 atom stereocenters. The molecule has 2 rings (SSSR count). The summed E-state index contributed by atoms with van der Waals surface area (Å²) in [6.07, 6.45) is -0.223. The lowest BCUT2D eigenvalue weighted by atomic mass is 9.97. The highest BCUT2D eigenvalue weighted by molar-refractivity contribution is 5.68. The average Bonchev–Trinajstić information content (AvgIpc) is 2.46. The van der Waals surface area contributed by atoms with Crippen molar-refractivity contribution in [2.75, 3.05) is 19.6 Å². The van der Waals surface area contributed by atoms with Crippen LogP contribution in [0.1, 0.15) is 57.7 Å². The van der Waals surface area contributed by atoms with Crippen molar-refractivity contribution in [3.8, 4) is 0 Å². The molecule has 0 aromatic heterocycles. The lowest BCUT2D eigenvalue weighted by Gasteiger charge is -2.35. The largest absolute Gasteiger partial charge is 0.444 e. The van der Waals surface area contributed by atoms with Gasteiger partial charge in [0.25, 0.3) is 0 Å². The zero-order valence-corrected chi connectivity index (χ0v) is 14.3. The van der Waals surface area contributed by atoms with E-state index in [0.717, 1.165) is 6.54 Å². The molecule has 1 fully saturated rings. The maximum Gasteiger partial charge on any atom is 0.410 e. The van der Waals surface area contributed by atoms with Gasteiger partial charge in [0.15, 0.2) is 0 Å². The van der Waals surface area contributed by atoms with Crippen molar-refractivity contribution in [1.82, 2.24) is 10.2 Å². The lowest BCUT2D eigenvalue weighted by molar-refractivity contribution is 0.0195. The topological polar surface area (TPSA) is 41.6 Å². The van der Waals surface area contributed by atoms with Crippen molar-refractivity contribution >= 4 is 6.09 Å². The number of benzene rings is 1. The fraction of sp³-hybridized carbons (Fsp3) is 0.611. The SMILES string of the molecule is CC(C)c1cccc(C2CN(C(=O)OC(C)(C)C)CCN2)c1. The van der Waals surface area contributed by atoms with Gasteiger partial charge in [-0.05, 0) is 37.8 Å². The van der Waals surface area contributed by atoms with Gasteiger partial charge in [-0.1, -0.05) is 38.1 Å². The van der Waals surface area contributed by atoms with Gasteiger partial charge in [0, 0.05) is 19.6 Å². The molecule has 1 unspecified atom stereocenters. The summed E-state index contributed by atoms with van der Waals surface area (Å²) in [5.41, 5.74) is 2.11. The van der Waals surface area contributed by atoms with Crippen LogP contribution in [0.4, 0.5) is 4.79 Å². The van der Waals surface area contributed by atoms with Gasteiger partial charge in [0.1, 0.15) is 5.60 Å². The first kappa shape index (κ1) is 16.8. The smallest absolute Gasteiger partial charge is 0.410 e. The van der Waals surface area contributed by atoms with Crippen molar-refractivity contribution in [3.63, 3.8) is 0 Å². The fourth-order valence-corrected chi connectivity index (χ4v) is 2.60. The van der Waals surface area contributed by atoms with Crippen LogP contribution in [0, 0.1) is 0 Å². The summed E-state index contributed by atoms with van der Waals surface area (Å²) in [6, 6.07) is 8.78. The van der Waals surface area contributed by atoms with E-state index in [4.69, 9.17) is 4.74 Å². The second kappa shape index (κ2) is 6.69. The summed E-state index contributed by atoms with van der Waals surface area (Å²) in [4.78, 5) is 14.0. The number of hydrogen-bond donors (Lipinski definition) is 1. The van der Waals surface area contributed by atoms with Gasteiger partial charge in [0.05, 0.1) is 6.04 Å². The Bertz CT molecular complexity index is 520. The highest BCUT2D eigenvalue weighted by Gasteiger charge is 2.28. The molecular formula is C18H28N2O2. The molecule has 22 heavy (non-hydrogen) atoms. The minimum Gasteiger partial charge on any atom is -0.444 e. The van der Waals surface area contributed by atoms with E-state index in [1.807, 2.05) is 20.8 Å². The fourth-order valence-electron chi connectivity index (χ4n) is 2.60. The number of nitrogens with one attached hydrogen (secondary N) is 1. The Balaban J connectivity index is 2.07. The monoisotopic (exact) mass is 304 g/mol. The van der Waals surface area contributed by atoms with Gasteiger partial charge in [-0.15, -0.1) is 0 Å². The van der Waals surface area contributed by atoms with Gasteiger partial charge in [-0.25, -0.2) is 4.79 Å². The molecule has 0 radical (unpaired) electrons. The number of carbonyl (C=O) groups is 1. The molecule has 0 spiro atoms. The molecule has 1 saturated heterocycles. The van der Waals surface area contributed by atoms with E-state index < -0.39 is 5.60 Å². The van der Waals surface area contributed by atoms with E-state index in [9.17, 15) is 4.79 Å². The Kier molecular flexibility index (Phi) is 5.12. The summed E-state index contributed by atoms with van der Waals surface area (Å²) in [6.45, 7) is 12.2. The summed E-state index contributed by atoms with van der Waals surface area (Å²) in [7, 11) is 0. The summed E-state index contributed by atoms with van der Waals surface area (Å²) in [5, 5.41) is 3.50. The van der Waals surface area contributed by atoms with Crippen LogP contribution in [-0.2, 0) is 4.74 Å². The molecule has 1 heterocycles. The van der Waals surface area contributed by atoms with Crippen LogP contribution in [0.15, 0.2) is 24.3 Å². The molecule has 1 aromatic rings. The van der Waals surface area contributed by atoms with Crippen molar-refractivity contribution < 1.29 is 9.53 Å². The van der Waals surface area contributed by atoms with E-state index in [1.54, 1.807) is 4.90 Å². The Morgan fingerprint density at radius 3 is 2.73 bits per heavy atom. The summed E-state index contributed by atoms with van der Waals surface area (Å²) in [5.74, 6) is 0.505. The molecular weight excluding hydrogens is 276 g/mol. The van der Waals surface area contributed by atoms with Crippen LogP contribution in [-0.4, -0.2) is 36.2 Å². The molecule has 0 aliphatic carbocycles. The molecule has 0 saturated carbocycles. The van der Waals surface area contributed by atoms with Crippen LogP contribution in [0.5, 0.6) is 0 Å². The normalized spacial score (nSPS) is 19.4. The summed E-state index contributed by atoms with van der Waals surface area (Å²) < 4.78 is 5.48. The van der Waals surface area contributed by atoms with Crippen molar-refractivity contribution in [1.29, 1.82) is 0 Å².